The van der Waals surface area contributed by atoms with Crippen molar-refractivity contribution >= 4 is 11.9 Å². The first-order valence-electron chi connectivity index (χ1n) is 35.4. The zero-order chi connectivity index (χ0) is 57.1. The second kappa shape index (κ2) is 68.3. The molecule has 2 unspecified atom stereocenters. The third-order valence-corrected chi connectivity index (χ3v) is 16.4. The van der Waals surface area contributed by atoms with Crippen LogP contribution in [0.4, 0.5) is 0 Å². The van der Waals surface area contributed by atoms with Crippen molar-refractivity contribution in [3.8, 4) is 0 Å². The highest BCUT2D eigenvalue weighted by atomic mass is 16.5. The van der Waals surface area contributed by atoms with E-state index in [4.69, 9.17) is 4.74 Å². The fraction of sp³-hybridized carbons (Fsp3) is 0.863. The molecule has 0 saturated carbocycles. The molecule has 464 valence electrons. The Morgan fingerprint density at radius 2 is 0.633 bits per heavy atom. The van der Waals surface area contributed by atoms with Crippen LogP contribution in [0.15, 0.2) is 48.6 Å². The molecular formula is C73H137NO5. The molecular weight excluding hydrogens is 971 g/mol. The summed E-state index contributed by atoms with van der Waals surface area (Å²) in [6, 6.07) is -0.548. The number of esters is 1. The maximum absolute atomic E-state index is 12.6. The van der Waals surface area contributed by atoms with Gasteiger partial charge in [-0.2, -0.15) is 0 Å². The monoisotopic (exact) mass is 1110 g/mol. The first-order valence-corrected chi connectivity index (χ1v) is 35.4. The van der Waals surface area contributed by atoms with Gasteiger partial charge in [0, 0.05) is 12.8 Å². The standard InChI is InChI=1S/C73H137NO5/c1-3-5-7-9-11-13-15-17-19-21-22-23-24-25-27-30-34-37-41-45-49-53-57-61-65-71(76)70(69-75)74-72(77)66-62-58-54-50-46-42-38-35-31-28-26-29-32-36-40-44-48-52-56-60-64-68-79-73(78)67-63-59-55-51-47-43-39-33-20-18-16-14-12-10-8-6-4-2/h12,14,18,20,44,48,56,60,70-71,75-76H,3-11,13,15-17,19,21-43,45-47,49-55,57-59,61-69H2,1-2H3,(H,74,77)/b14-12-,20-18-,48-44-,60-56-. The molecule has 3 N–H and O–H groups in total. The van der Waals surface area contributed by atoms with Gasteiger partial charge >= 0.3 is 5.97 Å². The summed E-state index contributed by atoms with van der Waals surface area (Å²) in [4.78, 5) is 24.6. The summed E-state index contributed by atoms with van der Waals surface area (Å²) in [5.74, 6) is -0.0786. The van der Waals surface area contributed by atoms with E-state index < -0.39 is 12.1 Å². The molecule has 6 heteroatoms. The van der Waals surface area contributed by atoms with Crippen molar-refractivity contribution in [2.75, 3.05) is 13.2 Å². The van der Waals surface area contributed by atoms with Crippen LogP contribution in [0.1, 0.15) is 380 Å². The van der Waals surface area contributed by atoms with Crippen LogP contribution in [0.3, 0.4) is 0 Å². The second-order valence-corrected chi connectivity index (χ2v) is 24.2. The number of hydrogen-bond acceptors (Lipinski definition) is 5. The molecule has 0 radical (unpaired) electrons. The van der Waals surface area contributed by atoms with Gasteiger partial charge in [0.2, 0.25) is 5.91 Å². The molecule has 0 aliphatic heterocycles. The molecule has 0 saturated heterocycles. The molecule has 0 rings (SSSR count). The van der Waals surface area contributed by atoms with E-state index in [1.807, 2.05) is 0 Å². The van der Waals surface area contributed by atoms with Crippen molar-refractivity contribution in [3.05, 3.63) is 48.6 Å². The van der Waals surface area contributed by atoms with Crippen molar-refractivity contribution in [3.63, 3.8) is 0 Å². The van der Waals surface area contributed by atoms with Gasteiger partial charge in [-0.3, -0.25) is 9.59 Å². The van der Waals surface area contributed by atoms with Crippen molar-refractivity contribution in [2.45, 2.75) is 392 Å². The molecule has 0 aromatic heterocycles. The van der Waals surface area contributed by atoms with Crippen molar-refractivity contribution < 1.29 is 24.5 Å². The number of amides is 1. The van der Waals surface area contributed by atoms with Gasteiger partial charge in [0.1, 0.15) is 0 Å². The summed E-state index contributed by atoms with van der Waals surface area (Å²) in [5, 5.41) is 23.4. The number of allylic oxidation sites excluding steroid dienone is 7. The molecule has 0 aromatic rings. The van der Waals surface area contributed by atoms with E-state index in [1.54, 1.807) is 0 Å². The van der Waals surface area contributed by atoms with Crippen LogP contribution in [0.25, 0.3) is 0 Å². The minimum atomic E-state index is -0.671. The molecule has 0 aromatic carbocycles. The van der Waals surface area contributed by atoms with E-state index >= 15 is 0 Å². The Hall–Kier alpha value is -2.18. The summed E-state index contributed by atoms with van der Waals surface area (Å²) in [6.07, 6.45) is 88.8. The Labute approximate surface area is 493 Å². The van der Waals surface area contributed by atoms with Crippen molar-refractivity contribution in [2.24, 2.45) is 0 Å². The van der Waals surface area contributed by atoms with E-state index in [1.165, 1.54) is 289 Å². The van der Waals surface area contributed by atoms with Crippen LogP contribution < -0.4 is 5.32 Å². The number of aliphatic hydroxyl groups excluding tert-OH is 2. The number of hydrogen-bond donors (Lipinski definition) is 3. The SMILES string of the molecule is CCCCC/C=C\C/C=C\CCCCCCCCCC(=O)OCC/C=C\C/C=C\CCCCCCCCCCCCCCCCC(=O)NC(CO)C(O)CCCCCCCCCCCCCCCCCCCCCCCCCC. The Morgan fingerprint density at radius 3 is 0.987 bits per heavy atom. The molecule has 0 heterocycles. The summed E-state index contributed by atoms with van der Waals surface area (Å²) < 4.78 is 5.43. The van der Waals surface area contributed by atoms with Crippen LogP contribution in [-0.4, -0.2) is 47.4 Å². The van der Waals surface area contributed by atoms with Crippen molar-refractivity contribution in [1.29, 1.82) is 0 Å². The summed E-state index contributed by atoms with van der Waals surface area (Å²) in [6.45, 7) is 4.84. The Balaban J connectivity index is 3.45. The highest BCUT2D eigenvalue weighted by Gasteiger charge is 2.20. The summed E-state index contributed by atoms with van der Waals surface area (Å²) in [7, 11) is 0. The molecule has 0 fully saturated rings. The average Bonchev–Trinajstić information content (AvgIpc) is 3.45. The summed E-state index contributed by atoms with van der Waals surface area (Å²) in [5.41, 5.74) is 0. The van der Waals surface area contributed by atoms with E-state index in [2.05, 4.69) is 67.8 Å². The Kier molecular flexibility index (Phi) is 66.4. The number of rotatable bonds is 66. The van der Waals surface area contributed by atoms with Crippen LogP contribution in [0.2, 0.25) is 0 Å². The molecule has 6 nitrogen and oxygen atoms in total. The number of ether oxygens (including phenoxy) is 1. The maximum Gasteiger partial charge on any atom is 0.305 e. The minimum Gasteiger partial charge on any atom is -0.465 e. The smallest absolute Gasteiger partial charge is 0.305 e. The van der Waals surface area contributed by atoms with Crippen LogP contribution >= 0.6 is 0 Å². The molecule has 0 aliphatic carbocycles. The third kappa shape index (κ3) is 64.8. The van der Waals surface area contributed by atoms with Gasteiger partial charge in [0.05, 0.1) is 25.4 Å². The molecule has 79 heavy (non-hydrogen) atoms. The number of carbonyl (C=O) groups is 2. The lowest BCUT2D eigenvalue weighted by atomic mass is 10.0. The lowest BCUT2D eigenvalue weighted by molar-refractivity contribution is -0.143. The minimum absolute atomic E-state index is 0.0362. The fourth-order valence-corrected chi connectivity index (χ4v) is 11.0. The largest absolute Gasteiger partial charge is 0.465 e. The van der Waals surface area contributed by atoms with Gasteiger partial charge in [-0.15, -0.1) is 0 Å². The Bertz CT molecular complexity index is 1320. The number of unbranched alkanes of at least 4 members (excludes halogenated alkanes) is 47. The topological polar surface area (TPSA) is 95.9 Å². The Morgan fingerprint density at radius 1 is 0.354 bits per heavy atom. The van der Waals surface area contributed by atoms with E-state index in [0.717, 1.165) is 57.8 Å². The van der Waals surface area contributed by atoms with Gasteiger partial charge in [-0.1, -0.05) is 339 Å². The fourth-order valence-electron chi connectivity index (χ4n) is 11.0. The number of nitrogens with one attached hydrogen (secondary N) is 1. The third-order valence-electron chi connectivity index (χ3n) is 16.4. The predicted molar refractivity (Wildman–Crippen MR) is 347 cm³/mol. The zero-order valence-electron chi connectivity index (χ0n) is 53.1. The van der Waals surface area contributed by atoms with E-state index in [9.17, 15) is 19.8 Å². The van der Waals surface area contributed by atoms with Gasteiger partial charge in [0.15, 0.2) is 0 Å². The van der Waals surface area contributed by atoms with Crippen LogP contribution in [-0.2, 0) is 14.3 Å². The van der Waals surface area contributed by atoms with Gasteiger partial charge in [0.25, 0.3) is 0 Å². The second-order valence-electron chi connectivity index (χ2n) is 24.2. The zero-order valence-corrected chi connectivity index (χ0v) is 53.1. The molecule has 0 bridgehead atoms. The molecule has 0 spiro atoms. The van der Waals surface area contributed by atoms with Crippen LogP contribution in [0.5, 0.6) is 0 Å². The first-order chi connectivity index (χ1) is 39.0. The van der Waals surface area contributed by atoms with Crippen molar-refractivity contribution in [1.82, 2.24) is 5.32 Å². The van der Waals surface area contributed by atoms with Gasteiger partial charge in [-0.05, 0) is 77.0 Å². The van der Waals surface area contributed by atoms with Gasteiger partial charge < -0.3 is 20.3 Å². The van der Waals surface area contributed by atoms with Crippen LogP contribution in [0, 0.1) is 0 Å². The lowest BCUT2D eigenvalue weighted by Crippen LogP contribution is -2.45. The number of aliphatic hydroxyl groups is 2. The predicted octanol–water partition coefficient (Wildman–Crippen LogP) is 22.9. The molecule has 1 amide bonds. The highest BCUT2D eigenvalue weighted by Crippen LogP contribution is 2.19. The highest BCUT2D eigenvalue weighted by molar-refractivity contribution is 5.76. The maximum atomic E-state index is 12.6. The van der Waals surface area contributed by atoms with E-state index in [-0.39, 0.29) is 18.5 Å². The summed E-state index contributed by atoms with van der Waals surface area (Å²) >= 11 is 0. The first kappa shape index (κ1) is 76.8. The normalized spacial score (nSPS) is 12.8. The molecule has 2 atom stereocenters. The quantitative estimate of drug-likeness (QED) is 0.0320. The number of carbonyl (C=O) groups excluding carboxylic acids is 2. The van der Waals surface area contributed by atoms with E-state index in [0.29, 0.717) is 25.9 Å². The lowest BCUT2D eigenvalue weighted by Gasteiger charge is -2.22. The van der Waals surface area contributed by atoms with Gasteiger partial charge in [-0.25, -0.2) is 0 Å². The molecule has 0 aliphatic rings. The average molecular weight is 1110 g/mol.